The molecular formula is C18H22ClN. The molecule has 1 unspecified atom stereocenters. The normalized spacial score (nSPS) is 12.4. The molecule has 20 heavy (non-hydrogen) atoms. The lowest BCUT2D eigenvalue weighted by Gasteiger charge is -2.20. The molecule has 2 aromatic rings. The summed E-state index contributed by atoms with van der Waals surface area (Å²) in [4.78, 5) is 0. The SMILES string of the molecule is CNC(Cc1c(C)cccc1C)c1cc(C)cc(Cl)c1. The summed E-state index contributed by atoms with van der Waals surface area (Å²) in [5, 5.41) is 4.22. The van der Waals surface area contributed by atoms with Gasteiger partial charge in [0.2, 0.25) is 0 Å². The van der Waals surface area contributed by atoms with Crippen molar-refractivity contribution in [1.82, 2.24) is 5.32 Å². The molecular weight excluding hydrogens is 266 g/mol. The zero-order chi connectivity index (χ0) is 14.7. The molecule has 0 heterocycles. The van der Waals surface area contributed by atoms with Crippen molar-refractivity contribution in [3.63, 3.8) is 0 Å². The van der Waals surface area contributed by atoms with Crippen LogP contribution >= 0.6 is 11.6 Å². The number of hydrogen-bond acceptors (Lipinski definition) is 1. The Morgan fingerprint density at radius 3 is 2.25 bits per heavy atom. The Hall–Kier alpha value is -1.31. The molecule has 0 spiro atoms. The highest BCUT2D eigenvalue weighted by atomic mass is 35.5. The van der Waals surface area contributed by atoms with E-state index in [9.17, 15) is 0 Å². The van der Waals surface area contributed by atoms with Gasteiger partial charge in [0.1, 0.15) is 0 Å². The zero-order valence-corrected chi connectivity index (χ0v) is 13.4. The van der Waals surface area contributed by atoms with Crippen LogP contribution in [0.1, 0.15) is 33.9 Å². The Labute approximate surface area is 127 Å². The highest BCUT2D eigenvalue weighted by Crippen LogP contribution is 2.25. The average Bonchev–Trinajstić information content (AvgIpc) is 2.37. The van der Waals surface area contributed by atoms with Gasteiger partial charge in [-0.15, -0.1) is 0 Å². The fourth-order valence-corrected chi connectivity index (χ4v) is 3.03. The molecule has 0 fully saturated rings. The molecule has 0 saturated heterocycles. The van der Waals surface area contributed by atoms with Crippen molar-refractivity contribution in [1.29, 1.82) is 0 Å². The molecule has 0 aliphatic carbocycles. The second-order valence-electron chi connectivity index (χ2n) is 5.48. The molecule has 2 heteroatoms. The van der Waals surface area contributed by atoms with Crippen LogP contribution in [0.3, 0.4) is 0 Å². The Kier molecular flexibility index (Phi) is 4.85. The molecule has 0 radical (unpaired) electrons. The molecule has 106 valence electrons. The van der Waals surface area contributed by atoms with Crippen LogP contribution in [0, 0.1) is 20.8 Å². The van der Waals surface area contributed by atoms with Gasteiger partial charge < -0.3 is 5.32 Å². The monoisotopic (exact) mass is 287 g/mol. The van der Waals surface area contributed by atoms with Crippen LogP contribution in [0.15, 0.2) is 36.4 Å². The minimum absolute atomic E-state index is 0.284. The number of likely N-dealkylation sites (N-methyl/N-ethyl adjacent to an activating group) is 1. The molecule has 0 aromatic heterocycles. The average molecular weight is 288 g/mol. The largest absolute Gasteiger partial charge is 0.313 e. The summed E-state index contributed by atoms with van der Waals surface area (Å²) >= 11 is 6.19. The van der Waals surface area contributed by atoms with Gasteiger partial charge in [-0.2, -0.15) is 0 Å². The van der Waals surface area contributed by atoms with E-state index in [2.05, 4.69) is 56.4 Å². The molecule has 2 rings (SSSR count). The third kappa shape index (κ3) is 3.41. The Balaban J connectivity index is 2.33. The van der Waals surface area contributed by atoms with Gasteiger partial charge in [0, 0.05) is 11.1 Å². The lowest BCUT2D eigenvalue weighted by molar-refractivity contribution is 0.589. The van der Waals surface area contributed by atoms with Crippen LogP contribution in [0.5, 0.6) is 0 Å². The van der Waals surface area contributed by atoms with Gasteiger partial charge >= 0.3 is 0 Å². The van der Waals surface area contributed by atoms with Crippen molar-refractivity contribution in [3.8, 4) is 0 Å². The highest BCUT2D eigenvalue weighted by Gasteiger charge is 2.14. The van der Waals surface area contributed by atoms with Crippen molar-refractivity contribution >= 4 is 11.6 Å². The van der Waals surface area contributed by atoms with Crippen LogP contribution in [-0.4, -0.2) is 7.05 Å². The van der Waals surface area contributed by atoms with Gasteiger partial charge in [-0.3, -0.25) is 0 Å². The third-order valence-corrected chi connectivity index (χ3v) is 4.09. The fraction of sp³-hybridized carbons (Fsp3) is 0.333. The number of rotatable bonds is 4. The van der Waals surface area contributed by atoms with E-state index in [4.69, 9.17) is 11.6 Å². The number of aryl methyl sites for hydroxylation is 3. The molecule has 0 saturated carbocycles. The summed E-state index contributed by atoms with van der Waals surface area (Å²) in [6.07, 6.45) is 0.981. The summed E-state index contributed by atoms with van der Waals surface area (Å²) in [7, 11) is 2.01. The van der Waals surface area contributed by atoms with Gasteiger partial charge in [-0.25, -0.2) is 0 Å². The fourth-order valence-electron chi connectivity index (χ4n) is 2.73. The Morgan fingerprint density at radius 1 is 1.05 bits per heavy atom. The maximum absolute atomic E-state index is 6.19. The molecule has 1 N–H and O–H groups in total. The minimum atomic E-state index is 0.284. The maximum Gasteiger partial charge on any atom is 0.0411 e. The molecule has 0 aliphatic heterocycles. The van der Waals surface area contributed by atoms with Crippen molar-refractivity contribution < 1.29 is 0 Å². The van der Waals surface area contributed by atoms with Crippen LogP contribution in [0.2, 0.25) is 5.02 Å². The van der Waals surface area contributed by atoms with Crippen LogP contribution in [0.25, 0.3) is 0 Å². The Bertz CT molecular complexity index is 564. The van der Waals surface area contributed by atoms with E-state index in [0.717, 1.165) is 11.4 Å². The maximum atomic E-state index is 6.19. The van der Waals surface area contributed by atoms with E-state index in [1.54, 1.807) is 0 Å². The second-order valence-corrected chi connectivity index (χ2v) is 5.91. The smallest absolute Gasteiger partial charge is 0.0411 e. The predicted octanol–water partition coefficient (Wildman–Crippen LogP) is 4.77. The minimum Gasteiger partial charge on any atom is -0.313 e. The topological polar surface area (TPSA) is 12.0 Å². The third-order valence-electron chi connectivity index (χ3n) is 3.87. The molecule has 0 aliphatic rings. The van der Waals surface area contributed by atoms with Crippen molar-refractivity contribution in [3.05, 3.63) is 69.2 Å². The van der Waals surface area contributed by atoms with Gasteiger partial charge in [0.15, 0.2) is 0 Å². The first kappa shape index (κ1) is 15.1. The van der Waals surface area contributed by atoms with E-state index in [0.29, 0.717) is 0 Å². The van der Waals surface area contributed by atoms with Crippen molar-refractivity contribution in [2.75, 3.05) is 7.05 Å². The summed E-state index contributed by atoms with van der Waals surface area (Å²) in [5.74, 6) is 0. The first-order chi connectivity index (χ1) is 9.51. The van der Waals surface area contributed by atoms with E-state index >= 15 is 0 Å². The van der Waals surface area contributed by atoms with E-state index in [1.807, 2.05) is 13.1 Å². The molecule has 1 nitrogen and oxygen atoms in total. The Morgan fingerprint density at radius 2 is 1.70 bits per heavy atom. The summed E-state index contributed by atoms with van der Waals surface area (Å²) < 4.78 is 0. The summed E-state index contributed by atoms with van der Waals surface area (Å²) in [6.45, 7) is 6.44. The van der Waals surface area contributed by atoms with Crippen LogP contribution in [-0.2, 0) is 6.42 Å². The molecule has 1 atom stereocenters. The highest BCUT2D eigenvalue weighted by molar-refractivity contribution is 6.30. The summed E-state index contributed by atoms with van der Waals surface area (Å²) in [5.41, 5.74) is 6.58. The second kappa shape index (κ2) is 6.43. The quantitative estimate of drug-likeness (QED) is 0.854. The van der Waals surface area contributed by atoms with Crippen LogP contribution < -0.4 is 5.32 Å². The number of nitrogens with one attached hydrogen (secondary N) is 1. The molecule has 2 aromatic carbocycles. The van der Waals surface area contributed by atoms with Gasteiger partial charge in [0.05, 0.1) is 0 Å². The lowest BCUT2D eigenvalue weighted by Crippen LogP contribution is -2.20. The summed E-state index contributed by atoms with van der Waals surface area (Å²) in [6, 6.07) is 13.0. The van der Waals surface area contributed by atoms with E-state index < -0.39 is 0 Å². The van der Waals surface area contributed by atoms with E-state index in [-0.39, 0.29) is 6.04 Å². The predicted molar refractivity (Wildman–Crippen MR) is 87.6 cm³/mol. The van der Waals surface area contributed by atoms with Gasteiger partial charge in [-0.05, 0) is 74.2 Å². The van der Waals surface area contributed by atoms with Crippen LogP contribution in [0.4, 0.5) is 0 Å². The molecule has 0 amide bonds. The lowest BCUT2D eigenvalue weighted by atomic mass is 9.92. The van der Waals surface area contributed by atoms with E-state index in [1.165, 1.54) is 27.8 Å². The first-order valence-corrected chi connectivity index (χ1v) is 7.38. The van der Waals surface area contributed by atoms with Crippen molar-refractivity contribution in [2.24, 2.45) is 0 Å². The zero-order valence-electron chi connectivity index (χ0n) is 12.6. The molecule has 0 bridgehead atoms. The first-order valence-electron chi connectivity index (χ1n) is 7.00. The van der Waals surface area contributed by atoms with Gasteiger partial charge in [0.25, 0.3) is 0 Å². The van der Waals surface area contributed by atoms with Gasteiger partial charge in [-0.1, -0.05) is 35.9 Å². The standard InChI is InChI=1S/C18H22ClN/c1-12-8-15(10-16(19)9-12)18(20-4)11-17-13(2)6-5-7-14(17)3/h5-10,18,20H,11H2,1-4H3. The number of hydrogen-bond donors (Lipinski definition) is 1. The number of benzene rings is 2. The van der Waals surface area contributed by atoms with Crippen molar-refractivity contribution in [2.45, 2.75) is 33.2 Å². The number of halogens is 1.